The molecule has 0 N–H and O–H groups in total. The number of benzene rings is 1. The molecule has 0 spiro atoms. The second-order valence-corrected chi connectivity index (χ2v) is 5.62. The number of morpholine rings is 1. The summed E-state index contributed by atoms with van der Waals surface area (Å²) in [6.07, 6.45) is 0. The van der Waals surface area contributed by atoms with Crippen molar-refractivity contribution in [2.24, 2.45) is 0 Å². The van der Waals surface area contributed by atoms with E-state index in [0.29, 0.717) is 19.3 Å². The molecule has 2 atom stereocenters. The Balaban J connectivity index is 2.10. The maximum atomic E-state index is 12.4. The Labute approximate surface area is 116 Å². The van der Waals surface area contributed by atoms with E-state index in [1.54, 1.807) is 0 Å². The van der Waals surface area contributed by atoms with Gasteiger partial charge in [0.1, 0.15) is 0 Å². The molecule has 4 heteroatoms. The Kier molecular flexibility index (Phi) is 4.54. The first-order valence-electron chi connectivity index (χ1n) is 6.23. The minimum atomic E-state index is -0.0925. The lowest BCUT2D eigenvalue weighted by atomic mass is 10.0. The normalized spacial score (nSPS) is 22.7. The standard InChI is InChI=1S/C14H18BrNO2/c1-10-9-18-8-7-16(10)11(2)14(17)12-3-5-13(15)6-4-12/h3-6,10-11H,7-9H2,1-2H3. The van der Waals surface area contributed by atoms with Crippen LogP contribution in [0.3, 0.4) is 0 Å². The van der Waals surface area contributed by atoms with Gasteiger partial charge >= 0.3 is 0 Å². The number of hydrogen-bond donors (Lipinski definition) is 0. The summed E-state index contributed by atoms with van der Waals surface area (Å²) >= 11 is 3.38. The average molecular weight is 312 g/mol. The Hall–Kier alpha value is -0.710. The highest BCUT2D eigenvalue weighted by Gasteiger charge is 2.28. The number of ketones is 1. The molecule has 1 fully saturated rings. The van der Waals surface area contributed by atoms with E-state index in [0.717, 1.165) is 16.6 Å². The van der Waals surface area contributed by atoms with E-state index in [-0.39, 0.29) is 11.8 Å². The van der Waals surface area contributed by atoms with Crippen molar-refractivity contribution >= 4 is 21.7 Å². The number of nitrogens with zero attached hydrogens (tertiary/aromatic N) is 1. The molecule has 0 aliphatic carbocycles. The predicted octanol–water partition coefficient (Wildman–Crippen LogP) is 2.74. The van der Waals surface area contributed by atoms with Crippen molar-refractivity contribution in [1.29, 1.82) is 0 Å². The Morgan fingerprint density at radius 1 is 1.44 bits per heavy atom. The summed E-state index contributed by atoms with van der Waals surface area (Å²) in [7, 11) is 0. The lowest BCUT2D eigenvalue weighted by molar-refractivity contribution is -0.0143. The Bertz CT molecular complexity index is 418. The smallest absolute Gasteiger partial charge is 0.179 e. The second kappa shape index (κ2) is 5.95. The molecular formula is C14H18BrNO2. The number of carbonyl (C=O) groups excluding carboxylic acids is 1. The zero-order valence-corrected chi connectivity index (χ0v) is 12.3. The van der Waals surface area contributed by atoms with Gasteiger partial charge in [-0.15, -0.1) is 0 Å². The quantitative estimate of drug-likeness (QED) is 0.804. The number of halogens is 1. The van der Waals surface area contributed by atoms with E-state index in [1.165, 1.54) is 0 Å². The molecule has 1 aliphatic heterocycles. The van der Waals surface area contributed by atoms with Gasteiger partial charge in [0.15, 0.2) is 5.78 Å². The summed E-state index contributed by atoms with van der Waals surface area (Å²) in [4.78, 5) is 14.6. The van der Waals surface area contributed by atoms with Crippen molar-refractivity contribution in [1.82, 2.24) is 4.90 Å². The summed E-state index contributed by atoms with van der Waals surface area (Å²) in [6.45, 7) is 6.32. The molecule has 1 aromatic rings. The van der Waals surface area contributed by atoms with Crippen molar-refractivity contribution in [2.75, 3.05) is 19.8 Å². The molecule has 18 heavy (non-hydrogen) atoms. The molecule has 3 nitrogen and oxygen atoms in total. The SMILES string of the molecule is CC1COCCN1C(C)C(=O)c1ccc(Br)cc1. The van der Waals surface area contributed by atoms with E-state index < -0.39 is 0 Å². The minimum Gasteiger partial charge on any atom is -0.379 e. The summed E-state index contributed by atoms with van der Waals surface area (Å²) < 4.78 is 6.40. The van der Waals surface area contributed by atoms with Crippen LogP contribution in [0, 0.1) is 0 Å². The van der Waals surface area contributed by atoms with Gasteiger partial charge < -0.3 is 4.74 Å². The molecule has 0 radical (unpaired) electrons. The van der Waals surface area contributed by atoms with Crippen LogP contribution in [-0.4, -0.2) is 42.5 Å². The summed E-state index contributed by atoms with van der Waals surface area (Å²) in [5.41, 5.74) is 0.768. The monoisotopic (exact) mass is 311 g/mol. The van der Waals surface area contributed by atoms with E-state index >= 15 is 0 Å². The number of rotatable bonds is 3. The fourth-order valence-electron chi connectivity index (χ4n) is 2.32. The summed E-state index contributed by atoms with van der Waals surface area (Å²) in [5, 5.41) is 0. The fraction of sp³-hybridized carbons (Fsp3) is 0.500. The third-order valence-corrected chi connectivity index (χ3v) is 3.95. The maximum Gasteiger partial charge on any atom is 0.179 e. The third-order valence-electron chi connectivity index (χ3n) is 3.42. The molecule has 1 saturated heterocycles. The van der Waals surface area contributed by atoms with Gasteiger partial charge in [0.25, 0.3) is 0 Å². The van der Waals surface area contributed by atoms with Gasteiger partial charge in [0.05, 0.1) is 19.3 Å². The molecule has 98 valence electrons. The molecular weight excluding hydrogens is 294 g/mol. The van der Waals surface area contributed by atoms with Crippen molar-refractivity contribution < 1.29 is 9.53 Å². The first-order valence-corrected chi connectivity index (χ1v) is 7.02. The van der Waals surface area contributed by atoms with Gasteiger partial charge in [-0.1, -0.05) is 28.1 Å². The number of carbonyl (C=O) groups is 1. The van der Waals surface area contributed by atoms with E-state index in [9.17, 15) is 4.79 Å². The van der Waals surface area contributed by atoms with Crippen molar-refractivity contribution in [3.05, 3.63) is 34.3 Å². The van der Waals surface area contributed by atoms with Crippen molar-refractivity contribution in [3.63, 3.8) is 0 Å². The van der Waals surface area contributed by atoms with Gasteiger partial charge in [-0.3, -0.25) is 9.69 Å². The average Bonchev–Trinajstić information content (AvgIpc) is 2.38. The molecule has 0 bridgehead atoms. The second-order valence-electron chi connectivity index (χ2n) is 4.71. The first kappa shape index (κ1) is 13.7. The molecule has 0 amide bonds. The Morgan fingerprint density at radius 3 is 2.72 bits per heavy atom. The van der Waals surface area contributed by atoms with Crippen LogP contribution in [-0.2, 0) is 4.74 Å². The van der Waals surface area contributed by atoms with Crippen LogP contribution in [0.15, 0.2) is 28.7 Å². The lowest BCUT2D eigenvalue weighted by Gasteiger charge is -2.37. The highest BCUT2D eigenvalue weighted by atomic mass is 79.9. The highest BCUT2D eigenvalue weighted by Crippen LogP contribution is 2.17. The van der Waals surface area contributed by atoms with Crippen LogP contribution < -0.4 is 0 Å². The number of Topliss-reactive ketones (excluding diaryl/α,β-unsaturated/α-hetero) is 1. The molecule has 1 heterocycles. The van der Waals surface area contributed by atoms with Crippen LogP contribution in [0.2, 0.25) is 0 Å². The van der Waals surface area contributed by atoms with Gasteiger partial charge in [0, 0.05) is 22.6 Å². The van der Waals surface area contributed by atoms with Gasteiger partial charge in [-0.2, -0.15) is 0 Å². The predicted molar refractivity (Wildman–Crippen MR) is 74.9 cm³/mol. The van der Waals surface area contributed by atoms with Gasteiger partial charge in [-0.25, -0.2) is 0 Å². The van der Waals surface area contributed by atoms with Gasteiger partial charge in [-0.05, 0) is 26.0 Å². The molecule has 2 unspecified atom stereocenters. The molecule has 2 rings (SSSR count). The van der Waals surface area contributed by atoms with E-state index in [4.69, 9.17) is 4.74 Å². The highest BCUT2D eigenvalue weighted by molar-refractivity contribution is 9.10. The zero-order valence-electron chi connectivity index (χ0n) is 10.7. The largest absolute Gasteiger partial charge is 0.379 e. The van der Waals surface area contributed by atoms with E-state index in [2.05, 4.69) is 27.8 Å². The first-order chi connectivity index (χ1) is 8.59. The molecule has 0 aromatic heterocycles. The molecule has 1 aromatic carbocycles. The van der Waals surface area contributed by atoms with Crippen molar-refractivity contribution in [2.45, 2.75) is 25.9 Å². The Morgan fingerprint density at radius 2 is 2.11 bits per heavy atom. The van der Waals surface area contributed by atoms with Crippen LogP contribution in [0.5, 0.6) is 0 Å². The molecule has 0 saturated carbocycles. The topological polar surface area (TPSA) is 29.5 Å². The lowest BCUT2D eigenvalue weighted by Crippen LogP contribution is -2.51. The van der Waals surface area contributed by atoms with Crippen LogP contribution in [0.4, 0.5) is 0 Å². The van der Waals surface area contributed by atoms with Crippen LogP contribution in [0.1, 0.15) is 24.2 Å². The fourth-order valence-corrected chi connectivity index (χ4v) is 2.59. The van der Waals surface area contributed by atoms with Crippen LogP contribution in [0.25, 0.3) is 0 Å². The summed E-state index contributed by atoms with van der Waals surface area (Å²) in [6, 6.07) is 7.76. The van der Waals surface area contributed by atoms with Gasteiger partial charge in [0.2, 0.25) is 0 Å². The van der Waals surface area contributed by atoms with Crippen molar-refractivity contribution in [3.8, 4) is 0 Å². The molecule has 1 aliphatic rings. The number of ether oxygens (including phenoxy) is 1. The number of hydrogen-bond acceptors (Lipinski definition) is 3. The zero-order chi connectivity index (χ0) is 13.1. The van der Waals surface area contributed by atoms with Crippen LogP contribution >= 0.6 is 15.9 Å². The maximum absolute atomic E-state index is 12.4. The minimum absolute atomic E-state index is 0.0925. The third kappa shape index (κ3) is 2.99. The summed E-state index contributed by atoms with van der Waals surface area (Å²) in [5.74, 6) is 0.177. The van der Waals surface area contributed by atoms with E-state index in [1.807, 2.05) is 31.2 Å².